The minimum Gasteiger partial charge on any atom is -0.363 e. The van der Waals surface area contributed by atoms with E-state index in [1.165, 1.54) is 17.7 Å². The molecule has 0 aromatic carbocycles. The Hall–Kier alpha value is -2.84. The van der Waals surface area contributed by atoms with Gasteiger partial charge in [0, 0.05) is 66.5 Å². The molecule has 0 spiro atoms. The Bertz CT molecular complexity index is 879. The second kappa shape index (κ2) is 6.58. The fourth-order valence-electron chi connectivity index (χ4n) is 2.94. The van der Waals surface area contributed by atoms with E-state index >= 15 is 0 Å². The van der Waals surface area contributed by atoms with Crippen molar-refractivity contribution in [1.29, 1.82) is 0 Å². The summed E-state index contributed by atoms with van der Waals surface area (Å²) in [5, 5.41) is 0. The quantitative estimate of drug-likeness (QED) is 0.725. The van der Waals surface area contributed by atoms with Crippen molar-refractivity contribution >= 4 is 17.5 Å². The lowest BCUT2D eigenvalue weighted by Gasteiger charge is -2.37. The predicted octanol–water partition coefficient (Wildman–Crippen LogP) is -0.733. The maximum atomic E-state index is 12.1. The van der Waals surface area contributed by atoms with Crippen molar-refractivity contribution in [2.75, 3.05) is 55.0 Å². The van der Waals surface area contributed by atoms with Crippen LogP contribution in [-0.2, 0) is 14.1 Å². The Kier molecular flexibility index (Phi) is 4.47. The lowest BCUT2D eigenvalue weighted by Crippen LogP contribution is -2.49. The molecule has 1 fully saturated rings. The molecule has 0 N–H and O–H groups in total. The van der Waals surface area contributed by atoms with Crippen molar-refractivity contribution in [2.24, 2.45) is 14.1 Å². The van der Waals surface area contributed by atoms with Gasteiger partial charge in [-0.1, -0.05) is 0 Å². The molecule has 134 valence electrons. The van der Waals surface area contributed by atoms with E-state index in [1.807, 2.05) is 25.1 Å². The highest BCUT2D eigenvalue weighted by atomic mass is 16.2. The third kappa shape index (κ3) is 3.21. The molecule has 0 amide bonds. The first-order valence-electron chi connectivity index (χ1n) is 8.15. The van der Waals surface area contributed by atoms with E-state index in [9.17, 15) is 9.59 Å². The van der Waals surface area contributed by atoms with E-state index in [4.69, 9.17) is 0 Å². The Morgan fingerprint density at radius 2 is 1.56 bits per heavy atom. The van der Waals surface area contributed by atoms with Gasteiger partial charge in [-0.2, -0.15) is 0 Å². The number of aromatic nitrogens is 4. The summed E-state index contributed by atoms with van der Waals surface area (Å²) >= 11 is 0. The zero-order valence-electron chi connectivity index (χ0n) is 15.0. The summed E-state index contributed by atoms with van der Waals surface area (Å²) in [7, 11) is 7.07. The summed E-state index contributed by atoms with van der Waals surface area (Å²) in [5.74, 6) is 2.40. The topological polar surface area (TPSA) is 79.5 Å². The molecule has 0 atom stereocenters. The van der Waals surface area contributed by atoms with Crippen LogP contribution in [0, 0.1) is 0 Å². The second-order valence-corrected chi connectivity index (χ2v) is 6.34. The van der Waals surface area contributed by atoms with Crippen LogP contribution >= 0.6 is 0 Å². The van der Waals surface area contributed by atoms with Crippen molar-refractivity contribution in [3.05, 3.63) is 39.3 Å². The smallest absolute Gasteiger partial charge is 0.332 e. The summed E-state index contributed by atoms with van der Waals surface area (Å²) in [6.07, 6.45) is 1.57. The Morgan fingerprint density at radius 3 is 2.20 bits per heavy atom. The molecule has 0 radical (unpaired) electrons. The molecule has 25 heavy (non-hydrogen) atoms. The normalized spacial score (nSPS) is 14.7. The number of rotatable bonds is 3. The van der Waals surface area contributed by atoms with Crippen molar-refractivity contribution in [3.8, 4) is 0 Å². The highest BCUT2D eigenvalue weighted by Crippen LogP contribution is 2.19. The number of anilines is 3. The summed E-state index contributed by atoms with van der Waals surface area (Å²) in [5.41, 5.74) is -0.594. The van der Waals surface area contributed by atoms with Crippen molar-refractivity contribution < 1.29 is 0 Å². The van der Waals surface area contributed by atoms with Crippen molar-refractivity contribution in [1.82, 2.24) is 19.1 Å². The molecule has 9 heteroatoms. The van der Waals surface area contributed by atoms with E-state index < -0.39 is 0 Å². The molecule has 2 aromatic rings. The second-order valence-electron chi connectivity index (χ2n) is 6.34. The fourth-order valence-corrected chi connectivity index (χ4v) is 2.94. The average molecular weight is 345 g/mol. The molecule has 1 aliphatic heterocycles. The van der Waals surface area contributed by atoms with Gasteiger partial charge in [-0.3, -0.25) is 13.9 Å². The van der Waals surface area contributed by atoms with Gasteiger partial charge in [0.05, 0.1) is 0 Å². The lowest BCUT2D eigenvalue weighted by atomic mass is 10.3. The third-order valence-corrected chi connectivity index (χ3v) is 4.52. The molecule has 9 nitrogen and oxygen atoms in total. The molecule has 0 saturated carbocycles. The van der Waals surface area contributed by atoms with Gasteiger partial charge >= 0.3 is 5.69 Å². The zero-order chi connectivity index (χ0) is 18.1. The van der Waals surface area contributed by atoms with Crippen LogP contribution in [0.25, 0.3) is 0 Å². The van der Waals surface area contributed by atoms with Crippen LogP contribution in [-0.4, -0.2) is 59.4 Å². The van der Waals surface area contributed by atoms with E-state index in [1.54, 1.807) is 13.4 Å². The molecule has 1 aliphatic rings. The molecular weight excluding hydrogens is 322 g/mol. The predicted molar refractivity (Wildman–Crippen MR) is 97.7 cm³/mol. The molecule has 3 heterocycles. The molecular formula is C16H23N7O2. The fraction of sp³-hybridized carbons (Fsp3) is 0.500. The van der Waals surface area contributed by atoms with Gasteiger partial charge in [-0.15, -0.1) is 0 Å². The molecule has 0 unspecified atom stereocenters. The molecule has 0 bridgehead atoms. The van der Waals surface area contributed by atoms with Crippen molar-refractivity contribution in [3.63, 3.8) is 0 Å². The zero-order valence-corrected chi connectivity index (χ0v) is 15.0. The maximum Gasteiger partial charge on any atom is 0.332 e. The minimum atomic E-state index is -0.309. The molecule has 1 saturated heterocycles. The van der Waals surface area contributed by atoms with Gasteiger partial charge in [0.2, 0.25) is 0 Å². The van der Waals surface area contributed by atoms with Gasteiger partial charge in [-0.05, 0) is 0 Å². The van der Waals surface area contributed by atoms with Crippen LogP contribution in [0.5, 0.6) is 0 Å². The molecule has 3 rings (SSSR count). The van der Waals surface area contributed by atoms with Gasteiger partial charge in [0.25, 0.3) is 5.56 Å². The van der Waals surface area contributed by atoms with E-state index in [0.717, 1.165) is 29.3 Å². The number of hydrogen-bond acceptors (Lipinski definition) is 7. The monoisotopic (exact) mass is 345 g/mol. The third-order valence-electron chi connectivity index (χ3n) is 4.52. The van der Waals surface area contributed by atoms with Crippen LogP contribution in [0.15, 0.2) is 28.0 Å². The largest absolute Gasteiger partial charge is 0.363 e. The van der Waals surface area contributed by atoms with Crippen LogP contribution in [0.4, 0.5) is 17.5 Å². The van der Waals surface area contributed by atoms with Gasteiger partial charge < -0.3 is 14.7 Å². The first kappa shape index (κ1) is 17.0. The summed E-state index contributed by atoms with van der Waals surface area (Å²) in [6, 6.07) is 3.48. The highest BCUT2D eigenvalue weighted by molar-refractivity contribution is 5.51. The van der Waals surface area contributed by atoms with Crippen LogP contribution in [0.2, 0.25) is 0 Å². The molecule has 0 aliphatic carbocycles. The van der Waals surface area contributed by atoms with Gasteiger partial charge in [0.15, 0.2) is 0 Å². The van der Waals surface area contributed by atoms with Crippen LogP contribution in [0.3, 0.4) is 0 Å². The Labute approximate surface area is 145 Å². The molecule has 2 aromatic heterocycles. The van der Waals surface area contributed by atoms with Gasteiger partial charge in [-0.25, -0.2) is 14.8 Å². The summed E-state index contributed by atoms with van der Waals surface area (Å²) in [4.78, 5) is 38.8. The number of nitrogens with zero attached hydrogens (tertiary/aromatic N) is 7. The van der Waals surface area contributed by atoms with E-state index in [0.29, 0.717) is 18.9 Å². The van der Waals surface area contributed by atoms with Crippen LogP contribution in [0.1, 0.15) is 0 Å². The summed E-state index contributed by atoms with van der Waals surface area (Å²) < 4.78 is 2.63. The summed E-state index contributed by atoms with van der Waals surface area (Å²) in [6.45, 7) is 2.93. The Morgan fingerprint density at radius 1 is 0.920 bits per heavy atom. The van der Waals surface area contributed by atoms with Crippen molar-refractivity contribution in [2.45, 2.75) is 0 Å². The SMILES string of the molecule is CN(C)c1cc(N2CCN(c3cc(=O)n(C)c(=O)n3C)CC2)ncn1. The number of piperazine rings is 1. The Balaban J connectivity index is 1.78. The lowest BCUT2D eigenvalue weighted by molar-refractivity contribution is 0.607. The van der Waals surface area contributed by atoms with Crippen LogP contribution < -0.4 is 25.9 Å². The number of hydrogen-bond donors (Lipinski definition) is 0. The van der Waals surface area contributed by atoms with Gasteiger partial charge in [0.1, 0.15) is 23.8 Å². The average Bonchev–Trinajstić information content (AvgIpc) is 2.63. The minimum absolute atomic E-state index is 0.285. The van der Waals surface area contributed by atoms with E-state index in [-0.39, 0.29) is 11.2 Å². The first-order chi connectivity index (χ1) is 11.9. The first-order valence-corrected chi connectivity index (χ1v) is 8.15. The standard InChI is InChI=1S/C16H23N7O2/c1-19(2)12-9-13(18-11-17-12)22-5-7-23(8-6-22)14-10-15(24)21(4)16(25)20(14)3/h9-11H,5-8H2,1-4H3. The maximum absolute atomic E-state index is 12.1. The highest BCUT2D eigenvalue weighted by Gasteiger charge is 2.21. The van der Waals surface area contributed by atoms with E-state index in [2.05, 4.69) is 19.8 Å².